The van der Waals surface area contributed by atoms with Gasteiger partial charge in [0.2, 0.25) is 0 Å². The zero-order valence-electron chi connectivity index (χ0n) is 20.1. The Morgan fingerprint density at radius 2 is 1.69 bits per heavy atom. The highest BCUT2D eigenvalue weighted by Gasteiger charge is 2.35. The number of hydrogen-bond donors (Lipinski definition) is 1. The minimum Gasteiger partial charge on any atom is -0.339 e. The fourth-order valence-corrected chi connectivity index (χ4v) is 5.56. The van der Waals surface area contributed by atoms with E-state index in [0.717, 1.165) is 11.1 Å². The number of likely N-dealkylation sites (tertiary alicyclic amines) is 1. The predicted molar refractivity (Wildman–Crippen MR) is 138 cm³/mol. The van der Waals surface area contributed by atoms with E-state index in [9.17, 15) is 14.0 Å². The largest absolute Gasteiger partial charge is 0.339 e. The van der Waals surface area contributed by atoms with Gasteiger partial charge in [0.1, 0.15) is 11.3 Å². The molecule has 1 aliphatic heterocycles. The van der Waals surface area contributed by atoms with Crippen LogP contribution in [0.2, 0.25) is 0 Å². The second kappa shape index (κ2) is 9.37. The average Bonchev–Trinajstić information content (AvgIpc) is 3.29. The number of halogens is 1. The topological polar surface area (TPSA) is 70.5 Å². The first-order chi connectivity index (χ1) is 17.6. The standard InChI is InChI=1S/C29H29FN4O2/c30-16-19-17-33(18-19)29(36)26-27(23-9-5-2-6-10-23)32-34-25(35)15-24(31-28(26)34)22-13-11-21(12-14-22)20-7-3-1-4-8-20/h2,5-6,9-15,19-20,31H,1,3-4,7-8,16-18H2. The molecule has 0 unspecified atom stereocenters. The lowest BCUT2D eigenvalue weighted by atomic mass is 9.84. The molecule has 184 valence electrons. The lowest BCUT2D eigenvalue weighted by Crippen LogP contribution is -2.50. The van der Waals surface area contributed by atoms with Gasteiger partial charge in [-0.05, 0) is 29.9 Å². The quantitative estimate of drug-likeness (QED) is 0.410. The minimum atomic E-state index is -0.443. The second-order valence-corrected chi connectivity index (χ2v) is 10.1. The number of hydrogen-bond acceptors (Lipinski definition) is 3. The van der Waals surface area contributed by atoms with E-state index in [2.05, 4.69) is 22.2 Å². The summed E-state index contributed by atoms with van der Waals surface area (Å²) in [6.07, 6.45) is 6.33. The molecule has 1 saturated heterocycles. The van der Waals surface area contributed by atoms with Crippen LogP contribution in [0.1, 0.15) is 53.9 Å². The fourth-order valence-electron chi connectivity index (χ4n) is 5.56. The van der Waals surface area contributed by atoms with Crippen molar-refractivity contribution >= 4 is 11.6 Å². The van der Waals surface area contributed by atoms with Crippen molar-refractivity contribution in [3.63, 3.8) is 0 Å². The van der Waals surface area contributed by atoms with Crippen LogP contribution in [0.25, 0.3) is 28.2 Å². The summed E-state index contributed by atoms with van der Waals surface area (Å²) in [6, 6.07) is 19.3. The molecule has 1 amide bonds. The second-order valence-electron chi connectivity index (χ2n) is 10.1. The van der Waals surface area contributed by atoms with E-state index in [1.54, 1.807) is 4.90 Å². The summed E-state index contributed by atoms with van der Waals surface area (Å²) in [7, 11) is 0. The molecule has 2 fully saturated rings. The number of H-pyrrole nitrogens is 1. The van der Waals surface area contributed by atoms with Crippen LogP contribution in [0.3, 0.4) is 0 Å². The molecule has 7 heteroatoms. The number of amides is 1. The van der Waals surface area contributed by atoms with Crippen LogP contribution in [0.15, 0.2) is 65.5 Å². The van der Waals surface area contributed by atoms with Gasteiger partial charge in [-0.3, -0.25) is 14.0 Å². The molecule has 4 aromatic rings. The molecule has 1 aliphatic carbocycles. The molecule has 2 aromatic carbocycles. The highest BCUT2D eigenvalue weighted by molar-refractivity contribution is 6.06. The van der Waals surface area contributed by atoms with Crippen molar-refractivity contribution in [2.45, 2.75) is 38.0 Å². The third kappa shape index (κ3) is 4.02. The number of rotatable bonds is 5. The van der Waals surface area contributed by atoms with E-state index in [0.29, 0.717) is 41.6 Å². The van der Waals surface area contributed by atoms with E-state index in [-0.39, 0.29) is 17.4 Å². The van der Waals surface area contributed by atoms with Crippen molar-refractivity contribution in [1.29, 1.82) is 0 Å². The SMILES string of the molecule is O=C(c1c(-c2ccccc2)nn2c(=O)cc(-c3ccc(C4CCCCC4)cc3)[nH]c12)N1CC(CF)C1. The van der Waals surface area contributed by atoms with E-state index in [4.69, 9.17) is 0 Å². The highest BCUT2D eigenvalue weighted by Crippen LogP contribution is 2.34. The molecular formula is C29H29FN4O2. The van der Waals surface area contributed by atoms with E-state index >= 15 is 0 Å². The van der Waals surface area contributed by atoms with E-state index in [1.165, 1.54) is 48.2 Å². The number of aromatic nitrogens is 3. The zero-order chi connectivity index (χ0) is 24.6. The number of carbonyl (C=O) groups is 1. The fraction of sp³-hybridized carbons (Fsp3) is 0.345. The predicted octanol–water partition coefficient (Wildman–Crippen LogP) is 5.45. The lowest BCUT2D eigenvalue weighted by molar-refractivity contribution is 0.0455. The van der Waals surface area contributed by atoms with Crippen molar-refractivity contribution in [3.8, 4) is 22.5 Å². The van der Waals surface area contributed by atoms with Crippen molar-refractivity contribution < 1.29 is 9.18 Å². The van der Waals surface area contributed by atoms with Gasteiger partial charge >= 0.3 is 0 Å². The lowest BCUT2D eigenvalue weighted by Gasteiger charge is -2.37. The first-order valence-electron chi connectivity index (χ1n) is 12.8. The Morgan fingerprint density at radius 1 is 0.972 bits per heavy atom. The Bertz CT molecular complexity index is 1450. The summed E-state index contributed by atoms with van der Waals surface area (Å²) in [5.41, 5.74) is 4.46. The van der Waals surface area contributed by atoms with Crippen LogP contribution < -0.4 is 5.56 Å². The molecule has 0 spiro atoms. The zero-order valence-corrected chi connectivity index (χ0v) is 20.1. The Hall–Kier alpha value is -3.74. The summed E-state index contributed by atoms with van der Waals surface area (Å²) in [5.74, 6) is 0.230. The Morgan fingerprint density at radius 3 is 2.39 bits per heavy atom. The third-order valence-electron chi connectivity index (χ3n) is 7.64. The van der Waals surface area contributed by atoms with Crippen LogP contribution in [0.4, 0.5) is 4.39 Å². The van der Waals surface area contributed by atoms with Crippen molar-refractivity contribution in [2.75, 3.05) is 19.8 Å². The molecule has 1 N–H and O–H groups in total. The summed E-state index contributed by atoms with van der Waals surface area (Å²) < 4.78 is 14.3. The number of fused-ring (bicyclic) bond motifs is 1. The van der Waals surface area contributed by atoms with Crippen LogP contribution in [-0.2, 0) is 0 Å². The van der Waals surface area contributed by atoms with Crippen molar-refractivity contribution in [2.24, 2.45) is 5.92 Å². The van der Waals surface area contributed by atoms with E-state index in [1.807, 2.05) is 42.5 Å². The Labute approximate surface area is 208 Å². The molecule has 0 radical (unpaired) electrons. The minimum absolute atomic E-state index is 0.131. The number of alkyl halides is 1. The molecule has 0 atom stereocenters. The van der Waals surface area contributed by atoms with Crippen LogP contribution in [0.5, 0.6) is 0 Å². The van der Waals surface area contributed by atoms with Gasteiger partial charge in [0.05, 0.1) is 12.4 Å². The maximum Gasteiger partial charge on any atom is 0.274 e. The Balaban J connectivity index is 1.43. The molecular weight excluding hydrogens is 455 g/mol. The van der Waals surface area contributed by atoms with Crippen LogP contribution >= 0.6 is 0 Å². The van der Waals surface area contributed by atoms with Gasteiger partial charge in [-0.15, -0.1) is 0 Å². The van der Waals surface area contributed by atoms with Gasteiger partial charge in [0, 0.05) is 30.6 Å². The molecule has 3 heterocycles. The first kappa shape index (κ1) is 22.7. The summed E-state index contributed by atoms with van der Waals surface area (Å²) in [5, 5.41) is 4.54. The number of carbonyl (C=O) groups excluding carboxylic acids is 1. The average molecular weight is 485 g/mol. The van der Waals surface area contributed by atoms with Crippen molar-refractivity contribution in [3.05, 3.63) is 82.1 Å². The van der Waals surface area contributed by atoms with Gasteiger partial charge in [0.25, 0.3) is 11.5 Å². The molecule has 6 rings (SSSR count). The van der Waals surface area contributed by atoms with Crippen molar-refractivity contribution in [1.82, 2.24) is 19.5 Å². The molecule has 1 saturated carbocycles. The Kier molecular flexibility index (Phi) is 5.91. The molecule has 36 heavy (non-hydrogen) atoms. The third-order valence-corrected chi connectivity index (χ3v) is 7.64. The summed E-state index contributed by atoms with van der Waals surface area (Å²) in [4.78, 5) is 31.7. The smallest absolute Gasteiger partial charge is 0.274 e. The molecule has 2 aromatic heterocycles. The monoisotopic (exact) mass is 484 g/mol. The molecule has 0 bridgehead atoms. The molecule has 6 nitrogen and oxygen atoms in total. The maximum atomic E-state index is 13.6. The van der Waals surface area contributed by atoms with E-state index < -0.39 is 6.67 Å². The van der Waals surface area contributed by atoms with Gasteiger partial charge in [0.15, 0.2) is 5.65 Å². The number of nitrogens with one attached hydrogen (secondary N) is 1. The van der Waals surface area contributed by atoms with Crippen LogP contribution in [0, 0.1) is 5.92 Å². The maximum absolute atomic E-state index is 13.6. The first-order valence-corrected chi connectivity index (χ1v) is 12.8. The van der Waals surface area contributed by atoms with Gasteiger partial charge in [-0.2, -0.15) is 9.61 Å². The van der Waals surface area contributed by atoms with Gasteiger partial charge in [-0.25, -0.2) is 0 Å². The summed E-state index contributed by atoms with van der Waals surface area (Å²) in [6.45, 7) is 0.294. The van der Waals surface area contributed by atoms with Gasteiger partial charge < -0.3 is 9.88 Å². The number of nitrogens with zero attached hydrogens (tertiary/aromatic N) is 3. The number of aromatic amines is 1. The summed E-state index contributed by atoms with van der Waals surface area (Å²) >= 11 is 0. The molecule has 2 aliphatic rings. The normalized spacial score (nSPS) is 16.9. The number of benzene rings is 2. The van der Waals surface area contributed by atoms with Gasteiger partial charge in [-0.1, -0.05) is 73.9 Å². The highest BCUT2D eigenvalue weighted by atomic mass is 19.1. The van der Waals surface area contributed by atoms with Crippen LogP contribution in [-0.4, -0.2) is 45.2 Å².